The number of hydrogen-bond acceptors (Lipinski definition) is 4. The highest BCUT2D eigenvalue weighted by Gasteiger charge is 2.32. The number of carbonyl (C=O) groups excluding carboxylic acids is 1. The lowest BCUT2D eigenvalue weighted by atomic mass is 9.97. The first-order chi connectivity index (χ1) is 11.9. The van der Waals surface area contributed by atoms with Gasteiger partial charge in [-0.05, 0) is 55.3 Å². The summed E-state index contributed by atoms with van der Waals surface area (Å²) in [4.78, 5) is 12.5. The smallest absolute Gasteiger partial charge is 0.252 e. The molecule has 1 N–H and O–H groups in total. The Morgan fingerprint density at radius 2 is 1.88 bits per heavy atom. The van der Waals surface area contributed by atoms with Gasteiger partial charge in [0.25, 0.3) is 10.0 Å². The molecule has 7 heteroatoms. The Hall–Kier alpha value is -1.70. The third-order valence-corrected chi connectivity index (χ3v) is 8.05. The quantitative estimate of drug-likeness (QED) is 0.887. The van der Waals surface area contributed by atoms with Gasteiger partial charge in [-0.25, -0.2) is 8.42 Å². The molecule has 2 heterocycles. The molecule has 1 aromatic heterocycles. The van der Waals surface area contributed by atoms with E-state index in [4.69, 9.17) is 0 Å². The van der Waals surface area contributed by atoms with Gasteiger partial charge in [0.2, 0.25) is 5.91 Å². The van der Waals surface area contributed by atoms with E-state index in [9.17, 15) is 13.2 Å². The van der Waals surface area contributed by atoms with E-state index >= 15 is 0 Å². The van der Waals surface area contributed by atoms with E-state index in [0.29, 0.717) is 30.1 Å². The summed E-state index contributed by atoms with van der Waals surface area (Å²) in [5.41, 5.74) is 3.03. The van der Waals surface area contributed by atoms with Crippen molar-refractivity contribution in [2.24, 2.45) is 5.92 Å². The first-order valence-corrected chi connectivity index (χ1v) is 10.6. The van der Waals surface area contributed by atoms with E-state index in [2.05, 4.69) is 5.32 Å². The molecule has 5 nitrogen and oxygen atoms in total. The van der Waals surface area contributed by atoms with E-state index in [0.717, 1.165) is 16.8 Å². The molecular formula is C18H22N2O3S2. The summed E-state index contributed by atoms with van der Waals surface area (Å²) in [5, 5.41) is 4.76. The van der Waals surface area contributed by atoms with Crippen molar-refractivity contribution in [2.45, 2.75) is 30.9 Å². The molecule has 0 aliphatic carbocycles. The van der Waals surface area contributed by atoms with Crippen molar-refractivity contribution in [3.05, 3.63) is 46.8 Å². The summed E-state index contributed by atoms with van der Waals surface area (Å²) in [7, 11) is -3.42. The minimum Gasteiger partial charge on any atom is -0.326 e. The van der Waals surface area contributed by atoms with Crippen molar-refractivity contribution < 1.29 is 13.2 Å². The minimum atomic E-state index is -3.42. The van der Waals surface area contributed by atoms with Gasteiger partial charge in [0.1, 0.15) is 4.21 Å². The summed E-state index contributed by atoms with van der Waals surface area (Å²) >= 11 is 1.23. The minimum absolute atomic E-state index is 0.0260. The second kappa shape index (κ2) is 7.27. The zero-order valence-corrected chi connectivity index (χ0v) is 16.0. The van der Waals surface area contributed by atoms with Crippen molar-refractivity contribution in [2.75, 3.05) is 18.4 Å². The fraction of sp³-hybridized carbons (Fsp3) is 0.389. The molecule has 0 saturated carbocycles. The Morgan fingerprint density at radius 1 is 1.16 bits per heavy atom. The number of thiophene rings is 1. The Balaban J connectivity index is 1.62. The number of hydrogen-bond donors (Lipinski definition) is 1. The van der Waals surface area contributed by atoms with E-state index in [1.54, 1.807) is 17.5 Å². The van der Waals surface area contributed by atoms with Crippen LogP contribution in [0.15, 0.2) is 39.9 Å². The van der Waals surface area contributed by atoms with Crippen molar-refractivity contribution in [1.29, 1.82) is 0 Å². The Labute approximate surface area is 152 Å². The third kappa shape index (κ3) is 3.78. The SMILES string of the molecule is Cc1cccc(NC(=O)C2CCN(S(=O)(=O)c3cccs3)CC2)c1C. The molecule has 3 rings (SSSR count). The third-order valence-electron chi connectivity index (χ3n) is 4.78. The standard InChI is InChI=1S/C18H22N2O3S2/c1-13-5-3-6-16(14(13)2)19-18(21)15-8-10-20(11-9-15)25(22,23)17-7-4-12-24-17/h3-7,12,15H,8-11H2,1-2H3,(H,19,21). The number of rotatable bonds is 4. The lowest BCUT2D eigenvalue weighted by Gasteiger charge is -2.30. The molecule has 1 aromatic carbocycles. The Morgan fingerprint density at radius 3 is 2.52 bits per heavy atom. The molecule has 1 aliphatic heterocycles. The first-order valence-electron chi connectivity index (χ1n) is 8.30. The lowest BCUT2D eigenvalue weighted by molar-refractivity contribution is -0.120. The van der Waals surface area contributed by atoms with Crippen molar-refractivity contribution in [1.82, 2.24) is 4.31 Å². The zero-order chi connectivity index (χ0) is 18.0. The average Bonchev–Trinajstić information content (AvgIpc) is 3.14. The largest absolute Gasteiger partial charge is 0.326 e. The normalized spacial score (nSPS) is 16.7. The maximum absolute atomic E-state index is 12.5. The molecule has 0 spiro atoms. The fourth-order valence-electron chi connectivity index (χ4n) is 3.02. The Kier molecular flexibility index (Phi) is 5.27. The number of amides is 1. The number of nitrogens with zero attached hydrogens (tertiary/aromatic N) is 1. The number of benzene rings is 1. The van der Waals surface area contributed by atoms with Crippen LogP contribution in [-0.4, -0.2) is 31.7 Å². The summed E-state index contributed by atoms with van der Waals surface area (Å²) in [6, 6.07) is 9.20. The number of sulfonamides is 1. The van der Waals surface area contributed by atoms with Gasteiger partial charge in [-0.15, -0.1) is 11.3 Å². The van der Waals surface area contributed by atoms with Crippen LogP contribution in [0.25, 0.3) is 0 Å². The molecule has 1 aliphatic rings. The summed E-state index contributed by atoms with van der Waals surface area (Å²) in [6.45, 7) is 4.76. The molecule has 134 valence electrons. The van der Waals surface area contributed by atoms with Crippen molar-refractivity contribution in [3.8, 4) is 0 Å². The van der Waals surface area contributed by atoms with Gasteiger partial charge < -0.3 is 5.32 Å². The second-order valence-electron chi connectivity index (χ2n) is 6.35. The van der Waals surface area contributed by atoms with Gasteiger partial charge in [0.15, 0.2) is 0 Å². The predicted molar refractivity (Wildman–Crippen MR) is 100 cm³/mol. The van der Waals surface area contributed by atoms with Crippen LogP contribution < -0.4 is 5.32 Å². The van der Waals surface area contributed by atoms with Crippen molar-refractivity contribution in [3.63, 3.8) is 0 Å². The maximum atomic E-state index is 12.5. The van der Waals surface area contributed by atoms with Crippen LogP contribution in [0.5, 0.6) is 0 Å². The summed E-state index contributed by atoms with van der Waals surface area (Å²) < 4.78 is 26.9. The molecule has 1 amide bonds. The van der Waals surface area contributed by atoms with Crippen LogP contribution in [-0.2, 0) is 14.8 Å². The second-order valence-corrected chi connectivity index (χ2v) is 9.46. The summed E-state index contributed by atoms with van der Waals surface area (Å²) in [6.07, 6.45) is 1.09. The maximum Gasteiger partial charge on any atom is 0.252 e. The predicted octanol–water partition coefficient (Wildman–Crippen LogP) is 3.40. The fourth-order valence-corrected chi connectivity index (χ4v) is 5.63. The number of piperidine rings is 1. The molecule has 0 bridgehead atoms. The van der Waals surface area contributed by atoms with Crippen LogP contribution >= 0.6 is 11.3 Å². The van der Waals surface area contributed by atoms with E-state index in [1.807, 2.05) is 32.0 Å². The molecule has 25 heavy (non-hydrogen) atoms. The Bertz CT molecular complexity index is 852. The van der Waals surface area contributed by atoms with Crippen LogP contribution in [0.4, 0.5) is 5.69 Å². The summed E-state index contributed by atoms with van der Waals surface area (Å²) in [5.74, 6) is -0.184. The molecule has 1 saturated heterocycles. The van der Waals surface area contributed by atoms with Gasteiger partial charge in [0, 0.05) is 24.7 Å². The zero-order valence-electron chi connectivity index (χ0n) is 14.4. The number of nitrogens with one attached hydrogen (secondary N) is 1. The van der Waals surface area contributed by atoms with Gasteiger partial charge >= 0.3 is 0 Å². The lowest BCUT2D eigenvalue weighted by Crippen LogP contribution is -2.41. The van der Waals surface area contributed by atoms with Crippen LogP contribution in [0.3, 0.4) is 0 Å². The number of anilines is 1. The number of aryl methyl sites for hydroxylation is 1. The highest BCUT2D eigenvalue weighted by atomic mass is 32.2. The molecule has 2 aromatic rings. The van der Waals surface area contributed by atoms with Crippen LogP contribution in [0, 0.1) is 19.8 Å². The topological polar surface area (TPSA) is 66.5 Å². The van der Waals surface area contributed by atoms with Crippen LogP contribution in [0.2, 0.25) is 0 Å². The monoisotopic (exact) mass is 378 g/mol. The van der Waals surface area contributed by atoms with Gasteiger partial charge in [-0.1, -0.05) is 18.2 Å². The van der Waals surface area contributed by atoms with E-state index in [-0.39, 0.29) is 11.8 Å². The van der Waals surface area contributed by atoms with Crippen LogP contribution in [0.1, 0.15) is 24.0 Å². The van der Waals surface area contributed by atoms with E-state index in [1.165, 1.54) is 15.6 Å². The highest BCUT2D eigenvalue weighted by Crippen LogP contribution is 2.27. The molecule has 1 fully saturated rings. The number of carbonyl (C=O) groups is 1. The van der Waals surface area contributed by atoms with Crippen molar-refractivity contribution >= 4 is 33.0 Å². The first kappa shape index (κ1) is 18.1. The van der Waals surface area contributed by atoms with E-state index < -0.39 is 10.0 Å². The highest BCUT2D eigenvalue weighted by molar-refractivity contribution is 7.91. The average molecular weight is 379 g/mol. The van der Waals surface area contributed by atoms with Gasteiger partial charge in [-0.3, -0.25) is 4.79 Å². The van der Waals surface area contributed by atoms with Gasteiger partial charge in [-0.2, -0.15) is 4.31 Å². The molecule has 0 unspecified atom stereocenters. The molecule has 0 atom stereocenters. The molecular weight excluding hydrogens is 356 g/mol. The molecule has 0 radical (unpaired) electrons. The van der Waals surface area contributed by atoms with Gasteiger partial charge in [0.05, 0.1) is 0 Å².